The maximum absolute atomic E-state index is 13.5. The molecule has 0 aliphatic carbocycles. The first-order valence-corrected chi connectivity index (χ1v) is 9.29. The van der Waals surface area contributed by atoms with E-state index in [0.29, 0.717) is 23.0 Å². The molecule has 6 nitrogen and oxygen atoms in total. The van der Waals surface area contributed by atoms with Crippen LogP contribution in [0.4, 0.5) is 4.39 Å². The van der Waals surface area contributed by atoms with Gasteiger partial charge in [0.2, 0.25) is 0 Å². The lowest BCUT2D eigenvalue weighted by Crippen LogP contribution is -2.24. The Kier molecular flexibility index (Phi) is 6.61. The third-order valence-corrected chi connectivity index (χ3v) is 4.54. The van der Waals surface area contributed by atoms with Gasteiger partial charge in [0.25, 0.3) is 5.91 Å². The average molecular weight is 415 g/mol. The van der Waals surface area contributed by atoms with Crippen LogP contribution in [0.3, 0.4) is 0 Å². The van der Waals surface area contributed by atoms with Crippen LogP contribution in [0.2, 0.25) is 5.15 Å². The topological polar surface area (TPSA) is 68.5 Å². The zero-order valence-electron chi connectivity index (χ0n) is 16.0. The molecule has 1 aromatic heterocycles. The third kappa shape index (κ3) is 5.42. The first kappa shape index (κ1) is 20.5. The molecule has 0 saturated heterocycles. The fourth-order valence-corrected chi connectivity index (χ4v) is 2.87. The predicted molar refractivity (Wildman–Crippen MR) is 110 cm³/mol. The number of aromatic nitrogens is 2. The average Bonchev–Trinajstić information content (AvgIpc) is 2.96. The second-order valence-corrected chi connectivity index (χ2v) is 6.80. The van der Waals surface area contributed by atoms with E-state index in [1.54, 1.807) is 10.7 Å². The van der Waals surface area contributed by atoms with Crippen LogP contribution in [0, 0.1) is 19.7 Å². The number of carbonyl (C=O) groups is 1. The number of hydrogen-bond acceptors (Lipinski definition) is 4. The van der Waals surface area contributed by atoms with Crippen LogP contribution in [-0.2, 0) is 11.3 Å². The minimum Gasteiger partial charge on any atom is -0.481 e. The molecular formula is C21H20ClFN4O2. The lowest BCUT2D eigenvalue weighted by Gasteiger charge is -2.05. The zero-order valence-corrected chi connectivity index (χ0v) is 16.8. The second-order valence-electron chi connectivity index (χ2n) is 6.45. The van der Waals surface area contributed by atoms with Gasteiger partial charge in [-0.2, -0.15) is 10.2 Å². The van der Waals surface area contributed by atoms with Crippen LogP contribution in [0.15, 0.2) is 53.6 Å². The van der Waals surface area contributed by atoms with E-state index in [-0.39, 0.29) is 12.4 Å². The first-order valence-electron chi connectivity index (χ1n) is 8.91. The van der Waals surface area contributed by atoms with Gasteiger partial charge in [-0.05, 0) is 31.5 Å². The van der Waals surface area contributed by atoms with Crippen LogP contribution < -0.4 is 10.2 Å². The number of aryl methyl sites for hydroxylation is 2. The van der Waals surface area contributed by atoms with Crippen LogP contribution in [0.25, 0.3) is 0 Å². The molecular weight excluding hydrogens is 395 g/mol. The monoisotopic (exact) mass is 414 g/mol. The summed E-state index contributed by atoms with van der Waals surface area (Å²) in [5, 5.41) is 8.74. The first-order chi connectivity index (χ1) is 13.9. The summed E-state index contributed by atoms with van der Waals surface area (Å²) in [7, 11) is 0. The van der Waals surface area contributed by atoms with E-state index in [4.69, 9.17) is 16.3 Å². The molecule has 0 bridgehead atoms. The van der Waals surface area contributed by atoms with Crippen molar-refractivity contribution in [3.8, 4) is 5.75 Å². The molecule has 0 unspecified atom stereocenters. The molecule has 0 spiro atoms. The van der Waals surface area contributed by atoms with Gasteiger partial charge in [0, 0.05) is 0 Å². The molecule has 3 aromatic rings. The maximum Gasteiger partial charge on any atom is 0.277 e. The summed E-state index contributed by atoms with van der Waals surface area (Å²) >= 11 is 6.41. The minimum absolute atomic E-state index is 0.00269. The fraction of sp³-hybridized carbons (Fsp3) is 0.190. The molecule has 0 aliphatic rings. The van der Waals surface area contributed by atoms with Crippen molar-refractivity contribution in [2.45, 2.75) is 20.4 Å². The summed E-state index contributed by atoms with van der Waals surface area (Å²) in [6, 6.07) is 14.0. The highest BCUT2D eigenvalue weighted by Gasteiger charge is 2.12. The molecule has 1 N–H and O–H groups in total. The summed E-state index contributed by atoms with van der Waals surface area (Å²) in [6.07, 6.45) is 1.43. The highest BCUT2D eigenvalue weighted by molar-refractivity contribution is 6.32. The van der Waals surface area contributed by atoms with E-state index >= 15 is 0 Å². The molecule has 3 rings (SSSR count). The lowest BCUT2D eigenvalue weighted by molar-refractivity contribution is -0.123. The number of nitrogens with zero attached hydrogens (tertiary/aromatic N) is 3. The highest BCUT2D eigenvalue weighted by Crippen LogP contribution is 2.19. The van der Waals surface area contributed by atoms with Crippen molar-refractivity contribution in [2.24, 2.45) is 5.10 Å². The number of hydrazone groups is 1. The number of rotatable bonds is 7. The van der Waals surface area contributed by atoms with Gasteiger partial charge in [0.1, 0.15) is 5.15 Å². The highest BCUT2D eigenvalue weighted by atomic mass is 35.5. The van der Waals surface area contributed by atoms with Gasteiger partial charge in [0.05, 0.1) is 24.0 Å². The summed E-state index contributed by atoms with van der Waals surface area (Å²) in [5.41, 5.74) is 5.87. The Balaban J connectivity index is 1.58. The Bertz CT molecular complexity index is 1030. The van der Waals surface area contributed by atoms with Crippen molar-refractivity contribution >= 4 is 23.7 Å². The summed E-state index contributed by atoms with van der Waals surface area (Å²) < 4.78 is 20.3. The molecule has 2 aromatic carbocycles. The largest absolute Gasteiger partial charge is 0.481 e. The normalized spacial score (nSPS) is 11.0. The Morgan fingerprint density at radius 1 is 1.24 bits per heavy atom. The molecule has 0 aliphatic heterocycles. The summed E-state index contributed by atoms with van der Waals surface area (Å²) in [4.78, 5) is 11.8. The van der Waals surface area contributed by atoms with E-state index in [1.807, 2.05) is 38.1 Å². The molecule has 150 valence electrons. The van der Waals surface area contributed by atoms with Gasteiger partial charge >= 0.3 is 0 Å². The molecule has 0 atom stereocenters. The van der Waals surface area contributed by atoms with Gasteiger partial charge in [-0.3, -0.25) is 4.79 Å². The Hall–Kier alpha value is -3.19. The Morgan fingerprint density at radius 3 is 2.69 bits per heavy atom. The quantitative estimate of drug-likeness (QED) is 0.471. The van der Waals surface area contributed by atoms with E-state index in [2.05, 4.69) is 15.6 Å². The van der Waals surface area contributed by atoms with E-state index in [9.17, 15) is 9.18 Å². The Morgan fingerprint density at radius 2 is 1.97 bits per heavy atom. The van der Waals surface area contributed by atoms with Crippen LogP contribution in [-0.4, -0.2) is 28.5 Å². The molecule has 0 saturated carbocycles. The zero-order chi connectivity index (χ0) is 20.8. The molecule has 8 heteroatoms. The molecule has 1 amide bonds. The van der Waals surface area contributed by atoms with Gasteiger partial charge < -0.3 is 4.74 Å². The number of amides is 1. The summed E-state index contributed by atoms with van der Waals surface area (Å²) in [6.45, 7) is 4.00. The molecule has 0 radical (unpaired) electrons. The third-order valence-electron chi connectivity index (χ3n) is 4.14. The SMILES string of the molecule is Cc1ccc(Cn2nc(C)c(/C=N\NC(=O)COc3ccccc3F)c2Cl)cc1. The fourth-order valence-electron chi connectivity index (χ4n) is 2.59. The van der Waals surface area contributed by atoms with E-state index in [1.165, 1.54) is 30.0 Å². The Labute approximate surface area is 173 Å². The number of para-hydroxylation sites is 1. The van der Waals surface area contributed by atoms with Gasteiger partial charge in [0.15, 0.2) is 18.2 Å². The maximum atomic E-state index is 13.5. The molecule has 29 heavy (non-hydrogen) atoms. The number of benzene rings is 2. The van der Waals surface area contributed by atoms with Crippen molar-refractivity contribution in [1.29, 1.82) is 0 Å². The number of nitrogens with one attached hydrogen (secondary N) is 1. The number of hydrogen-bond donors (Lipinski definition) is 1. The van der Waals surface area contributed by atoms with Crippen LogP contribution >= 0.6 is 11.6 Å². The van der Waals surface area contributed by atoms with Gasteiger partial charge in [-0.15, -0.1) is 0 Å². The number of carbonyl (C=O) groups excluding carboxylic acids is 1. The van der Waals surface area contributed by atoms with Crippen molar-refractivity contribution in [3.05, 3.63) is 81.9 Å². The predicted octanol–water partition coefficient (Wildman–Crippen LogP) is 3.87. The van der Waals surface area contributed by atoms with Crippen molar-refractivity contribution in [1.82, 2.24) is 15.2 Å². The van der Waals surface area contributed by atoms with E-state index in [0.717, 1.165) is 5.56 Å². The van der Waals surface area contributed by atoms with Crippen molar-refractivity contribution < 1.29 is 13.9 Å². The van der Waals surface area contributed by atoms with Crippen molar-refractivity contribution in [2.75, 3.05) is 6.61 Å². The minimum atomic E-state index is -0.535. The number of halogens is 2. The molecule has 1 heterocycles. The van der Waals surface area contributed by atoms with Crippen LogP contribution in [0.5, 0.6) is 5.75 Å². The standard InChI is InChI=1S/C21H20ClFN4O2/c1-14-7-9-16(10-8-14)12-27-21(22)17(15(2)26-27)11-24-25-20(28)13-29-19-6-4-3-5-18(19)23/h3-11H,12-13H2,1-2H3,(H,25,28)/b24-11-. The van der Waals surface area contributed by atoms with Crippen molar-refractivity contribution in [3.63, 3.8) is 0 Å². The second kappa shape index (κ2) is 9.34. The van der Waals surface area contributed by atoms with E-state index < -0.39 is 11.7 Å². The van der Waals surface area contributed by atoms with Gasteiger partial charge in [-0.25, -0.2) is 14.5 Å². The summed E-state index contributed by atoms with van der Waals surface area (Å²) in [5.74, 6) is -1.06. The smallest absolute Gasteiger partial charge is 0.277 e. The molecule has 0 fully saturated rings. The number of ether oxygens (including phenoxy) is 1. The van der Waals surface area contributed by atoms with Gasteiger partial charge in [-0.1, -0.05) is 53.6 Å². The van der Waals surface area contributed by atoms with Crippen LogP contribution in [0.1, 0.15) is 22.4 Å². The lowest BCUT2D eigenvalue weighted by atomic mass is 10.1.